The Morgan fingerprint density at radius 3 is 1.82 bits per heavy atom. The lowest BCUT2D eigenvalue weighted by Gasteiger charge is -2.31. The molecule has 0 heterocycles. The molecule has 0 aromatic carbocycles. The van der Waals surface area contributed by atoms with Crippen LogP contribution in [0.25, 0.3) is 0 Å². The number of hydrogen-bond acceptors (Lipinski definition) is 2. The third kappa shape index (κ3) is 6.97. The van der Waals surface area contributed by atoms with Gasteiger partial charge in [-0.05, 0) is 24.7 Å². The molecule has 0 spiro atoms. The van der Waals surface area contributed by atoms with E-state index >= 15 is 0 Å². The van der Waals surface area contributed by atoms with Crippen LogP contribution in [-0.4, -0.2) is 22.2 Å². The molecule has 0 aliphatic heterocycles. The molecule has 0 aliphatic carbocycles. The number of unbranched alkanes of at least 4 members (excludes halogenated alkanes) is 1. The fraction of sp³-hybridized carbons (Fsp3) is 0.846. The summed E-state index contributed by atoms with van der Waals surface area (Å²) in [7, 11) is 0. The van der Waals surface area contributed by atoms with Crippen molar-refractivity contribution in [3.8, 4) is 0 Å². The van der Waals surface area contributed by atoms with E-state index in [1.165, 1.54) is 0 Å². The van der Waals surface area contributed by atoms with Crippen LogP contribution in [0.5, 0.6) is 0 Å². The Kier molecular flexibility index (Phi) is 7.59. The summed E-state index contributed by atoms with van der Waals surface area (Å²) in [6, 6.07) is 0. The van der Waals surface area contributed by atoms with Crippen molar-refractivity contribution in [1.29, 1.82) is 0 Å². The summed E-state index contributed by atoms with van der Waals surface area (Å²) in [4.78, 5) is 21.0. The first-order valence-electron chi connectivity index (χ1n) is 6.39. The third-order valence-electron chi connectivity index (χ3n) is 3.72. The molecule has 0 radical (unpaired) electrons. The third-order valence-corrected chi connectivity index (χ3v) is 3.72. The van der Waals surface area contributed by atoms with Crippen molar-refractivity contribution in [1.82, 2.24) is 0 Å². The van der Waals surface area contributed by atoms with Gasteiger partial charge in [0.2, 0.25) is 0 Å². The molecular formula is C13H24O4. The van der Waals surface area contributed by atoms with Crippen LogP contribution in [0, 0.1) is 5.41 Å². The van der Waals surface area contributed by atoms with Gasteiger partial charge in [-0.3, -0.25) is 9.59 Å². The maximum absolute atomic E-state index is 10.6. The minimum Gasteiger partial charge on any atom is -0.481 e. The molecular weight excluding hydrogens is 220 g/mol. The molecule has 4 nitrogen and oxygen atoms in total. The highest BCUT2D eigenvalue weighted by molar-refractivity contribution is 5.66. The van der Waals surface area contributed by atoms with Crippen molar-refractivity contribution in [3.63, 3.8) is 0 Å². The van der Waals surface area contributed by atoms with Gasteiger partial charge < -0.3 is 10.2 Å². The average molecular weight is 244 g/mol. The smallest absolute Gasteiger partial charge is 0.303 e. The fourth-order valence-electron chi connectivity index (χ4n) is 2.23. The lowest BCUT2D eigenvalue weighted by Crippen LogP contribution is -2.20. The van der Waals surface area contributed by atoms with E-state index in [0.717, 1.165) is 25.7 Å². The topological polar surface area (TPSA) is 74.6 Å². The van der Waals surface area contributed by atoms with Crippen LogP contribution in [-0.2, 0) is 9.59 Å². The average Bonchev–Trinajstić information content (AvgIpc) is 2.28. The Morgan fingerprint density at radius 1 is 0.882 bits per heavy atom. The van der Waals surface area contributed by atoms with Crippen LogP contribution in [0.2, 0.25) is 0 Å². The van der Waals surface area contributed by atoms with Gasteiger partial charge in [-0.15, -0.1) is 0 Å². The molecule has 0 rings (SSSR count). The van der Waals surface area contributed by atoms with Crippen molar-refractivity contribution in [3.05, 3.63) is 0 Å². The molecule has 0 fully saturated rings. The minimum absolute atomic E-state index is 0.0803. The Hall–Kier alpha value is -1.06. The van der Waals surface area contributed by atoms with E-state index in [1.807, 2.05) is 0 Å². The zero-order chi connectivity index (χ0) is 13.3. The van der Waals surface area contributed by atoms with E-state index in [0.29, 0.717) is 12.8 Å². The molecule has 0 aromatic heterocycles. The second-order valence-electron chi connectivity index (χ2n) is 4.70. The van der Waals surface area contributed by atoms with Crippen LogP contribution in [0.15, 0.2) is 0 Å². The lowest BCUT2D eigenvalue weighted by molar-refractivity contribution is -0.138. The lowest BCUT2D eigenvalue weighted by atomic mass is 9.74. The predicted octanol–water partition coefficient (Wildman–Crippen LogP) is 3.30. The molecule has 0 bridgehead atoms. The van der Waals surface area contributed by atoms with Crippen molar-refractivity contribution >= 4 is 11.9 Å². The monoisotopic (exact) mass is 244 g/mol. The van der Waals surface area contributed by atoms with Gasteiger partial charge in [-0.1, -0.05) is 33.1 Å². The van der Waals surface area contributed by atoms with Crippen LogP contribution in [0.4, 0.5) is 0 Å². The summed E-state index contributed by atoms with van der Waals surface area (Å²) < 4.78 is 0. The Bertz CT molecular complexity index is 244. The first-order chi connectivity index (χ1) is 7.95. The highest BCUT2D eigenvalue weighted by Crippen LogP contribution is 2.37. The van der Waals surface area contributed by atoms with Crippen LogP contribution >= 0.6 is 0 Å². The van der Waals surface area contributed by atoms with Gasteiger partial charge in [-0.25, -0.2) is 0 Å². The normalized spacial score (nSPS) is 11.4. The number of carboxylic acids is 2. The van der Waals surface area contributed by atoms with Gasteiger partial charge in [0, 0.05) is 12.8 Å². The molecule has 2 N–H and O–H groups in total. The minimum atomic E-state index is -0.755. The van der Waals surface area contributed by atoms with E-state index in [1.54, 1.807) is 0 Å². The summed E-state index contributed by atoms with van der Waals surface area (Å²) in [5, 5.41) is 17.3. The first-order valence-corrected chi connectivity index (χ1v) is 6.39. The molecule has 100 valence electrons. The summed E-state index contributed by atoms with van der Waals surface area (Å²) in [6.07, 6.45) is 5.53. The van der Waals surface area contributed by atoms with E-state index in [4.69, 9.17) is 10.2 Å². The molecule has 0 saturated heterocycles. The number of aliphatic carboxylic acids is 2. The number of rotatable bonds is 10. The van der Waals surface area contributed by atoms with Crippen molar-refractivity contribution in [2.75, 3.05) is 0 Å². The molecule has 0 aliphatic rings. The highest BCUT2D eigenvalue weighted by Gasteiger charge is 2.26. The maximum Gasteiger partial charge on any atom is 0.303 e. The summed E-state index contributed by atoms with van der Waals surface area (Å²) in [5.74, 6) is -1.50. The van der Waals surface area contributed by atoms with Crippen LogP contribution < -0.4 is 0 Å². The Balaban J connectivity index is 4.10. The van der Waals surface area contributed by atoms with Gasteiger partial charge in [0.1, 0.15) is 0 Å². The van der Waals surface area contributed by atoms with Gasteiger partial charge in [-0.2, -0.15) is 0 Å². The van der Waals surface area contributed by atoms with Gasteiger partial charge in [0.15, 0.2) is 0 Å². The zero-order valence-corrected chi connectivity index (χ0v) is 10.9. The standard InChI is InChI=1S/C13H24O4/c1-3-13(4-2,10-8-12(16)17)9-6-5-7-11(14)15/h3-10H2,1-2H3,(H,14,15)(H,16,17). The quantitative estimate of drug-likeness (QED) is 0.578. The van der Waals surface area contributed by atoms with Crippen molar-refractivity contribution in [2.45, 2.75) is 65.2 Å². The molecule has 17 heavy (non-hydrogen) atoms. The Morgan fingerprint density at radius 2 is 1.41 bits per heavy atom. The summed E-state index contributed by atoms with van der Waals surface area (Å²) in [6.45, 7) is 4.17. The molecule has 0 unspecified atom stereocenters. The Labute approximate surface area is 103 Å². The van der Waals surface area contributed by atoms with Crippen molar-refractivity contribution < 1.29 is 19.8 Å². The van der Waals surface area contributed by atoms with E-state index in [9.17, 15) is 9.59 Å². The summed E-state index contributed by atoms with van der Waals surface area (Å²) in [5.41, 5.74) is 0.0803. The SMILES string of the molecule is CCC(CC)(CCCCC(=O)O)CCC(=O)O. The van der Waals surface area contributed by atoms with Gasteiger partial charge >= 0.3 is 11.9 Å². The maximum atomic E-state index is 10.6. The molecule has 4 heteroatoms. The van der Waals surface area contributed by atoms with Crippen LogP contribution in [0.1, 0.15) is 65.2 Å². The molecule has 0 saturated carbocycles. The molecule has 0 atom stereocenters. The van der Waals surface area contributed by atoms with E-state index in [-0.39, 0.29) is 18.3 Å². The summed E-state index contributed by atoms with van der Waals surface area (Å²) >= 11 is 0. The van der Waals surface area contributed by atoms with Gasteiger partial charge in [0.05, 0.1) is 0 Å². The number of hydrogen-bond donors (Lipinski definition) is 2. The fourth-order valence-corrected chi connectivity index (χ4v) is 2.23. The zero-order valence-electron chi connectivity index (χ0n) is 10.9. The predicted molar refractivity (Wildman–Crippen MR) is 66.0 cm³/mol. The molecule has 0 amide bonds. The van der Waals surface area contributed by atoms with E-state index < -0.39 is 11.9 Å². The highest BCUT2D eigenvalue weighted by atomic mass is 16.4. The second-order valence-corrected chi connectivity index (χ2v) is 4.70. The number of carboxylic acid groups (broad SMARTS) is 2. The largest absolute Gasteiger partial charge is 0.481 e. The second kappa shape index (κ2) is 8.09. The number of carbonyl (C=O) groups is 2. The van der Waals surface area contributed by atoms with Crippen LogP contribution in [0.3, 0.4) is 0 Å². The van der Waals surface area contributed by atoms with E-state index in [2.05, 4.69) is 13.8 Å². The van der Waals surface area contributed by atoms with Crippen molar-refractivity contribution in [2.24, 2.45) is 5.41 Å². The van der Waals surface area contributed by atoms with Gasteiger partial charge in [0.25, 0.3) is 0 Å². The first kappa shape index (κ1) is 15.9. The molecule has 0 aromatic rings.